The third kappa shape index (κ3) is 6.28. The van der Waals surface area contributed by atoms with Gasteiger partial charge < -0.3 is 14.4 Å². The number of nitrogens with zero attached hydrogens (tertiary/aromatic N) is 2. The van der Waals surface area contributed by atoms with Crippen molar-refractivity contribution in [2.75, 3.05) is 49.0 Å². The van der Waals surface area contributed by atoms with E-state index in [1.165, 1.54) is 17.5 Å². The van der Waals surface area contributed by atoms with Crippen LogP contribution in [0.1, 0.15) is 66.9 Å². The molecule has 248 valence electrons. The van der Waals surface area contributed by atoms with Crippen molar-refractivity contribution in [2.45, 2.75) is 67.5 Å². The molecular weight excluding hydrogens is 656 g/mol. The number of carbonyl (C=O) groups is 1. The van der Waals surface area contributed by atoms with Crippen molar-refractivity contribution in [1.29, 1.82) is 0 Å². The predicted molar refractivity (Wildman–Crippen MR) is 194 cm³/mol. The Balaban J connectivity index is 1.33. The standard InChI is InChI=1S/C36H45ClN2O4S3/c1-24-6-3-15-36(42-2,34-44-16-5-17-45-34)30-11-8-27(30)20-39-22-35(14-4-7-25-18-28(37)10-12-29(25)35)23-43-32-13-9-26(19-31(32)39)33(40)38-46(41)21-24/h3,9-10,12-13,15,18-19,24,27,30,34,46H,4-8,11,14,16-17,20-23H2,1-2H3/b15-3+/t24-,27-,30+,35-,36-/m0/s1. The van der Waals surface area contributed by atoms with Crippen LogP contribution in [0.2, 0.25) is 5.02 Å². The van der Waals surface area contributed by atoms with Gasteiger partial charge in [-0.1, -0.05) is 36.7 Å². The molecule has 6 atom stereocenters. The average molecular weight is 701 g/mol. The maximum atomic E-state index is 13.4. The zero-order valence-electron chi connectivity index (χ0n) is 26.8. The molecule has 1 saturated heterocycles. The maximum absolute atomic E-state index is 13.4. The van der Waals surface area contributed by atoms with E-state index in [0.717, 1.165) is 79.6 Å². The Bertz CT molecular complexity index is 1590. The molecule has 3 aliphatic heterocycles. The first-order valence-corrected chi connectivity index (χ1v) is 20.6. The summed E-state index contributed by atoms with van der Waals surface area (Å²) in [6.07, 6.45) is 12.0. The average Bonchev–Trinajstić information content (AvgIpc) is 3.19. The molecule has 1 spiro atoms. The Morgan fingerprint density at radius 1 is 1.13 bits per heavy atom. The Labute approximate surface area is 289 Å². The number of methoxy groups -OCH3 is 1. The molecule has 1 saturated carbocycles. The summed E-state index contributed by atoms with van der Waals surface area (Å²) in [5.74, 6) is 4.02. The number of anilines is 1. The summed E-state index contributed by atoms with van der Waals surface area (Å²) in [6.45, 7) is 4.31. The number of thiol groups is 1. The first-order chi connectivity index (χ1) is 22.3. The summed E-state index contributed by atoms with van der Waals surface area (Å²) in [5.41, 5.74) is 3.46. The highest BCUT2D eigenvalue weighted by molar-refractivity contribution is 8.17. The fourth-order valence-electron chi connectivity index (χ4n) is 8.38. The van der Waals surface area contributed by atoms with Gasteiger partial charge in [-0.3, -0.25) is 9.00 Å². The minimum atomic E-state index is -2.02. The first-order valence-electron chi connectivity index (χ1n) is 16.8. The van der Waals surface area contributed by atoms with E-state index in [1.54, 1.807) is 6.07 Å². The topological polar surface area (TPSA) is 68.2 Å². The summed E-state index contributed by atoms with van der Waals surface area (Å²) >= 11 is 10.6. The van der Waals surface area contributed by atoms with Crippen molar-refractivity contribution < 1.29 is 18.5 Å². The van der Waals surface area contributed by atoms with Gasteiger partial charge in [0.05, 0.1) is 16.9 Å². The minimum Gasteiger partial charge on any atom is -0.490 e. The number of benzene rings is 2. The number of hydrogen-bond acceptors (Lipinski definition) is 7. The molecule has 0 aromatic heterocycles. The lowest BCUT2D eigenvalue weighted by Gasteiger charge is -2.53. The number of ether oxygens (including phenoxy) is 2. The van der Waals surface area contributed by atoms with Crippen LogP contribution >= 0.6 is 35.1 Å². The predicted octanol–water partition coefficient (Wildman–Crippen LogP) is 7.82. The van der Waals surface area contributed by atoms with Crippen LogP contribution in [-0.2, 0) is 27.2 Å². The van der Waals surface area contributed by atoms with E-state index in [0.29, 0.717) is 34.3 Å². The van der Waals surface area contributed by atoms with Gasteiger partial charge in [0.1, 0.15) is 11.4 Å². The highest BCUT2D eigenvalue weighted by Gasteiger charge is 2.53. The van der Waals surface area contributed by atoms with E-state index < -0.39 is 16.5 Å². The second-order valence-corrected chi connectivity index (χ2v) is 18.3. The Morgan fingerprint density at radius 2 is 1.98 bits per heavy atom. The summed E-state index contributed by atoms with van der Waals surface area (Å²) in [6, 6.07) is 12.0. The number of thioether (sulfide) groups is 2. The van der Waals surface area contributed by atoms with Crippen molar-refractivity contribution in [3.8, 4) is 5.75 Å². The molecule has 1 amide bonds. The SMILES string of the molecule is CO[C@@]1(C2SCCCS2)/C=C/C[C@H](C)C/[SH](=O)=N\C(=O)c2ccc3c(c2)N(C[C@@H]2CC[C@H]21)C[C@@]1(CCCc2cc(Cl)ccc21)CO3. The third-order valence-corrected chi connectivity index (χ3v) is 15.7. The molecule has 2 bridgehead atoms. The lowest BCUT2D eigenvalue weighted by molar-refractivity contribution is -0.0638. The summed E-state index contributed by atoms with van der Waals surface area (Å²) in [7, 11) is -0.114. The van der Waals surface area contributed by atoms with Crippen molar-refractivity contribution in [3.63, 3.8) is 0 Å². The van der Waals surface area contributed by atoms with Crippen LogP contribution < -0.4 is 9.64 Å². The Kier molecular flexibility index (Phi) is 9.79. The molecule has 6 nitrogen and oxygen atoms in total. The number of amides is 1. The zero-order chi connectivity index (χ0) is 31.9. The van der Waals surface area contributed by atoms with Gasteiger partial charge in [0.25, 0.3) is 5.91 Å². The van der Waals surface area contributed by atoms with Crippen LogP contribution in [0.15, 0.2) is 52.9 Å². The van der Waals surface area contributed by atoms with Crippen LogP contribution in [0.25, 0.3) is 0 Å². The molecule has 2 aromatic carbocycles. The van der Waals surface area contributed by atoms with Crippen LogP contribution in [0.4, 0.5) is 5.69 Å². The molecule has 2 fully saturated rings. The molecule has 0 N–H and O–H groups in total. The highest BCUT2D eigenvalue weighted by Crippen LogP contribution is 2.54. The van der Waals surface area contributed by atoms with E-state index in [4.69, 9.17) is 21.1 Å². The fourth-order valence-corrected chi connectivity index (χ4v) is 13.1. The number of carbonyl (C=O) groups excluding carboxylic acids is 1. The number of rotatable bonds is 2. The van der Waals surface area contributed by atoms with Crippen LogP contribution in [-0.4, -0.2) is 64.4 Å². The fraction of sp³-hybridized carbons (Fsp3) is 0.583. The molecule has 2 aromatic rings. The van der Waals surface area contributed by atoms with Gasteiger partial charge in [-0.25, -0.2) is 0 Å². The highest BCUT2D eigenvalue weighted by atomic mass is 35.5. The van der Waals surface area contributed by atoms with E-state index in [2.05, 4.69) is 40.5 Å². The van der Waals surface area contributed by atoms with E-state index >= 15 is 0 Å². The van der Waals surface area contributed by atoms with Gasteiger partial charge in [0.2, 0.25) is 0 Å². The van der Waals surface area contributed by atoms with Gasteiger partial charge in [0.15, 0.2) is 0 Å². The minimum absolute atomic E-state index is 0.142. The number of aryl methyl sites for hydroxylation is 1. The van der Waals surface area contributed by atoms with Gasteiger partial charge in [-0.15, -0.1) is 23.5 Å². The Morgan fingerprint density at radius 3 is 2.76 bits per heavy atom. The molecule has 7 rings (SSSR count). The number of halogens is 1. The Hall–Kier alpha value is -1.65. The lowest BCUT2D eigenvalue weighted by Crippen LogP contribution is -2.56. The summed E-state index contributed by atoms with van der Waals surface area (Å²) < 4.78 is 30.9. The van der Waals surface area contributed by atoms with Gasteiger partial charge in [-0.2, -0.15) is 4.36 Å². The number of allylic oxidation sites excluding steroid dienone is 1. The molecule has 10 heteroatoms. The normalized spacial score (nSPS) is 34.7. The molecular formula is C36H45ClN2O4S3. The van der Waals surface area contributed by atoms with Crippen molar-refractivity contribution in [2.24, 2.45) is 22.1 Å². The zero-order valence-corrected chi connectivity index (χ0v) is 30.1. The van der Waals surface area contributed by atoms with E-state index in [-0.39, 0.29) is 16.9 Å². The summed E-state index contributed by atoms with van der Waals surface area (Å²) in [5, 5.41) is 0.776. The summed E-state index contributed by atoms with van der Waals surface area (Å²) in [4.78, 5) is 15.9. The van der Waals surface area contributed by atoms with Crippen LogP contribution in [0.5, 0.6) is 5.75 Å². The second kappa shape index (κ2) is 13.7. The van der Waals surface area contributed by atoms with Gasteiger partial charge >= 0.3 is 0 Å². The smallest absolute Gasteiger partial charge is 0.284 e. The van der Waals surface area contributed by atoms with Crippen molar-refractivity contribution in [1.82, 2.24) is 0 Å². The maximum Gasteiger partial charge on any atom is 0.284 e. The molecule has 2 aliphatic carbocycles. The molecule has 0 radical (unpaired) electrons. The molecule has 5 aliphatic rings. The largest absolute Gasteiger partial charge is 0.490 e. The van der Waals surface area contributed by atoms with Crippen LogP contribution in [0.3, 0.4) is 0 Å². The van der Waals surface area contributed by atoms with Crippen molar-refractivity contribution >= 4 is 57.3 Å². The molecule has 3 heterocycles. The first kappa shape index (κ1) is 32.9. The van der Waals surface area contributed by atoms with E-state index in [1.807, 2.05) is 48.8 Å². The van der Waals surface area contributed by atoms with Gasteiger partial charge in [-0.05, 0) is 116 Å². The molecule has 1 unspecified atom stereocenters. The lowest BCUT2D eigenvalue weighted by atomic mass is 9.64. The third-order valence-electron chi connectivity index (χ3n) is 10.9. The second-order valence-electron chi connectivity index (χ2n) is 13.9. The van der Waals surface area contributed by atoms with E-state index in [9.17, 15) is 9.00 Å². The molecule has 46 heavy (non-hydrogen) atoms. The van der Waals surface area contributed by atoms with Crippen LogP contribution in [0, 0.1) is 17.8 Å². The van der Waals surface area contributed by atoms with Gasteiger partial charge in [0, 0.05) is 52.5 Å². The number of hydrogen-bond donors (Lipinski definition) is 1. The monoisotopic (exact) mass is 700 g/mol. The number of fused-ring (bicyclic) bond motifs is 4. The quantitative estimate of drug-likeness (QED) is 0.253. The van der Waals surface area contributed by atoms with Crippen molar-refractivity contribution in [3.05, 3.63) is 70.3 Å².